The quantitative estimate of drug-likeness (QED) is 0.779. The van der Waals surface area contributed by atoms with Gasteiger partial charge in [-0.3, -0.25) is 4.79 Å². The first kappa shape index (κ1) is 14.3. The molecule has 1 fully saturated rings. The fourth-order valence-electron chi connectivity index (χ4n) is 3.39. The van der Waals surface area contributed by atoms with Crippen LogP contribution in [0.15, 0.2) is 59.1 Å². The standard InChI is InChI=1S/C18H17BrO2/c1-17(13-6-4-3-5-7-13)12-18(17,16(20)21-2)14-8-10-15(19)11-9-14/h3-11H,12H2,1-2H3/t17-,18+/m1/s1. The lowest BCUT2D eigenvalue weighted by atomic mass is 9.83. The maximum absolute atomic E-state index is 12.5. The highest BCUT2D eigenvalue weighted by Gasteiger charge is 2.71. The maximum Gasteiger partial charge on any atom is 0.317 e. The summed E-state index contributed by atoms with van der Waals surface area (Å²) in [6.07, 6.45) is 0.776. The third-order valence-electron chi connectivity index (χ3n) is 4.72. The van der Waals surface area contributed by atoms with Crippen molar-refractivity contribution >= 4 is 21.9 Å². The normalized spacial score (nSPS) is 27.2. The van der Waals surface area contributed by atoms with Crippen LogP contribution >= 0.6 is 15.9 Å². The van der Waals surface area contributed by atoms with Crippen molar-refractivity contribution in [3.05, 3.63) is 70.2 Å². The number of halogens is 1. The smallest absolute Gasteiger partial charge is 0.317 e. The van der Waals surface area contributed by atoms with Gasteiger partial charge in [0.2, 0.25) is 0 Å². The number of esters is 1. The minimum Gasteiger partial charge on any atom is -0.468 e. The van der Waals surface area contributed by atoms with Crippen molar-refractivity contribution in [2.45, 2.75) is 24.2 Å². The van der Waals surface area contributed by atoms with E-state index in [4.69, 9.17) is 4.74 Å². The maximum atomic E-state index is 12.5. The van der Waals surface area contributed by atoms with Crippen molar-refractivity contribution in [3.8, 4) is 0 Å². The average molecular weight is 345 g/mol. The molecule has 2 nitrogen and oxygen atoms in total. The van der Waals surface area contributed by atoms with Crippen molar-refractivity contribution in [3.63, 3.8) is 0 Å². The molecule has 0 heterocycles. The van der Waals surface area contributed by atoms with E-state index >= 15 is 0 Å². The van der Waals surface area contributed by atoms with Gasteiger partial charge in [-0.25, -0.2) is 0 Å². The van der Waals surface area contributed by atoms with E-state index in [2.05, 4.69) is 35.0 Å². The summed E-state index contributed by atoms with van der Waals surface area (Å²) in [6, 6.07) is 18.2. The monoisotopic (exact) mass is 344 g/mol. The lowest BCUT2D eigenvalue weighted by Gasteiger charge is -2.22. The number of carbonyl (C=O) groups excluding carboxylic acids is 1. The van der Waals surface area contributed by atoms with Gasteiger partial charge in [0.1, 0.15) is 5.41 Å². The molecule has 0 N–H and O–H groups in total. The molecular formula is C18H17BrO2. The molecule has 1 saturated carbocycles. The average Bonchev–Trinajstić information content (AvgIpc) is 3.17. The Kier molecular flexibility index (Phi) is 3.40. The number of methoxy groups -OCH3 is 1. The van der Waals surface area contributed by atoms with E-state index in [1.165, 1.54) is 12.7 Å². The van der Waals surface area contributed by atoms with Crippen molar-refractivity contribution < 1.29 is 9.53 Å². The Bertz CT molecular complexity index is 665. The second-order valence-electron chi connectivity index (χ2n) is 5.78. The number of ether oxygens (including phenoxy) is 1. The summed E-state index contributed by atoms with van der Waals surface area (Å²) in [5.41, 5.74) is 1.40. The summed E-state index contributed by atoms with van der Waals surface area (Å²) in [5, 5.41) is 0. The fourth-order valence-corrected chi connectivity index (χ4v) is 3.65. The van der Waals surface area contributed by atoms with E-state index in [1.807, 2.05) is 42.5 Å². The van der Waals surface area contributed by atoms with Crippen molar-refractivity contribution in [1.29, 1.82) is 0 Å². The van der Waals surface area contributed by atoms with E-state index in [1.54, 1.807) is 0 Å². The Morgan fingerprint density at radius 3 is 2.24 bits per heavy atom. The van der Waals surface area contributed by atoms with Crippen LogP contribution in [0.1, 0.15) is 24.5 Å². The van der Waals surface area contributed by atoms with Crippen molar-refractivity contribution in [1.82, 2.24) is 0 Å². The van der Waals surface area contributed by atoms with Crippen LogP contribution in [0.2, 0.25) is 0 Å². The minimum atomic E-state index is -0.580. The largest absolute Gasteiger partial charge is 0.468 e. The molecule has 0 unspecified atom stereocenters. The fraction of sp³-hybridized carbons (Fsp3) is 0.278. The molecule has 108 valence electrons. The van der Waals surface area contributed by atoms with Crippen LogP contribution in [0.25, 0.3) is 0 Å². The Balaban J connectivity index is 2.10. The van der Waals surface area contributed by atoms with Gasteiger partial charge in [-0.05, 0) is 29.7 Å². The van der Waals surface area contributed by atoms with E-state index in [-0.39, 0.29) is 11.4 Å². The Labute approximate surface area is 133 Å². The zero-order chi connectivity index (χ0) is 15.1. The molecule has 0 bridgehead atoms. The van der Waals surface area contributed by atoms with Crippen LogP contribution in [0.3, 0.4) is 0 Å². The van der Waals surface area contributed by atoms with Gasteiger partial charge in [-0.2, -0.15) is 0 Å². The molecule has 0 amide bonds. The predicted molar refractivity (Wildman–Crippen MR) is 86.2 cm³/mol. The topological polar surface area (TPSA) is 26.3 Å². The van der Waals surface area contributed by atoms with E-state index in [9.17, 15) is 4.79 Å². The number of hydrogen-bond donors (Lipinski definition) is 0. The van der Waals surface area contributed by atoms with Crippen LogP contribution in [0, 0.1) is 0 Å². The van der Waals surface area contributed by atoms with Crippen LogP contribution in [-0.2, 0) is 20.4 Å². The summed E-state index contributed by atoms with van der Waals surface area (Å²) in [5.74, 6) is -0.156. The zero-order valence-electron chi connectivity index (χ0n) is 12.1. The van der Waals surface area contributed by atoms with Gasteiger partial charge in [0.25, 0.3) is 0 Å². The lowest BCUT2D eigenvalue weighted by Crippen LogP contribution is -2.30. The first-order valence-corrected chi connectivity index (χ1v) is 7.74. The second kappa shape index (κ2) is 4.99. The molecule has 0 radical (unpaired) electrons. The molecule has 0 saturated heterocycles. The molecule has 2 atom stereocenters. The zero-order valence-corrected chi connectivity index (χ0v) is 13.7. The highest BCUT2D eigenvalue weighted by Crippen LogP contribution is 2.65. The summed E-state index contributed by atoms with van der Waals surface area (Å²) < 4.78 is 6.14. The summed E-state index contributed by atoms with van der Waals surface area (Å²) in [7, 11) is 1.46. The highest BCUT2D eigenvalue weighted by molar-refractivity contribution is 9.10. The Hall–Kier alpha value is -1.61. The summed E-state index contributed by atoms with van der Waals surface area (Å²) >= 11 is 3.44. The van der Waals surface area contributed by atoms with Gasteiger partial charge < -0.3 is 4.74 Å². The predicted octanol–water partition coefficient (Wildman–Crippen LogP) is 4.22. The van der Waals surface area contributed by atoms with Gasteiger partial charge in [0, 0.05) is 9.89 Å². The van der Waals surface area contributed by atoms with E-state index in [0.29, 0.717) is 0 Å². The molecule has 3 heteroatoms. The number of hydrogen-bond acceptors (Lipinski definition) is 2. The Morgan fingerprint density at radius 1 is 1.05 bits per heavy atom. The number of benzene rings is 2. The first-order valence-electron chi connectivity index (χ1n) is 6.94. The number of rotatable bonds is 3. The molecule has 2 aromatic carbocycles. The second-order valence-corrected chi connectivity index (χ2v) is 6.69. The van der Waals surface area contributed by atoms with Gasteiger partial charge in [0.15, 0.2) is 0 Å². The van der Waals surface area contributed by atoms with E-state index < -0.39 is 5.41 Å². The highest BCUT2D eigenvalue weighted by atomic mass is 79.9. The van der Waals surface area contributed by atoms with Gasteiger partial charge in [-0.1, -0.05) is 65.3 Å². The Morgan fingerprint density at radius 2 is 1.67 bits per heavy atom. The van der Waals surface area contributed by atoms with Gasteiger partial charge in [-0.15, -0.1) is 0 Å². The molecule has 0 spiro atoms. The third kappa shape index (κ3) is 2.03. The van der Waals surface area contributed by atoms with E-state index in [0.717, 1.165) is 16.5 Å². The molecule has 3 rings (SSSR count). The molecule has 2 aromatic rings. The number of carbonyl (C=O) groups is 1. The van der Waals surface area contributed by atoms with Gasteiger partial charge in [0.05, 0.1) is 7.11 Å². The van der Waals surface area contributed by atoms with Crippen molar-refractivity contribution in [2.75, 3.05) is 7.11 Å². The van der Waals surface area contributed by atoms with Crippen LogP contribution in [-0.4, -0.2) is 13.1 Å². The van der Waals surface area contributed by atoms with Crippen molar-refractivity contribution in [2.24, 2.45) is 0 Å². The third-order valence-corrected chi connectivity index (χ3v) is 5.25. The molecule has 0 aromatic heterocycles. The molecule has 0 aliphatic heterocycles. The van der Waals surface area contributed by atoms with Gasteiger partial charge >= 0.3 is 5.97 Å². The first-order chi connectivity index (χ1) is 10.0. The minimum absolute atomic E-state index is 0.156. The van der Waals surface area contributed by atoms with Crippen LogP contribution in [0.4, 0.5) is 0 Å². The lowest BCUT2D eigenvalue weighted by molar-refractivity contribution is -0.144. The SMILES string of the molecule is COC(=O)[C@@]1(c2ccc(Br)cc2)C[C@]1(C)c1ccccc1. The summed E-state index contributed by atoms with van der Waals surface area (Å²) in [6.45, 7) is 2.14. The molecular weight excluding hydrogens is 328 g/mol. The van der Waals surface area contributed by atoms with Crippen LogP contribution in [0.5, 0.6) is 0 Å². The molecule has 1 aliphatic rings. The van der Waals surface area contributed by atoms with Crippen LogP contribution < -0.4 is 0 Å². The molecule has 1 aliphatic carbocycles. The summed E-state index contributed by atoms with van der Waals surface area (Å²) in [4.78, 5) is 12.5. The molecule has 21 heavy (non-hydrogen) atoms.